The van der Waals surface area contributed by atoms with Gasteiger partial charge in [-0.15, -0.1) is 0 Å². The molecule has 0 bridgehead atoms. The number of thiocarbonyl (C=S) groups is 1. The van der Waals surface area contributed by atoms with Crippen LogP contribution in [0.25, 0.3) is 0 Å². The summed E-state index contributed by atoms with van der Waals surface area (Å²) in [4.78, 5) is 25.8. The van der Waals surface area contributed by atoms with Crippen LogP contribution in [0.3, 0.4) is 0 Å². The fourth-order valence-corrected chi connectivity index (χ4v) is 4.26. The Bertz CT molecular complexity index is 845. The summed E-state index contributed by atoms with van der Waals surface area (Å²) in [6.45, 7) is 1.23. The van der Waals surface area contributed by atoms with E-state index in [4.69, 9.17) is 17.0 Å². The van der Waals surface area contributed by atoms with Crippen molar-refractivity contribution in [1.82, 2.24) is 15.5 Å². The van der Waals surface area contributed by atoms with E-state index in [2.05, 4.69) is 10.6 Å². The summed E-state index contributed by atoms with van der Waals surface area (Å²) in [5, 5.41) is 46.0. The van der Waals surface area contributed by atoms with Crippen LogP contribution in [0.2, 0.25) is 0 Å². The van der Waals surface area contributed by atoms with Gasteiger partial charge < -0.3 is 35.6 Å². The number of carboxylic acid groups (broad SMARTS) is 1. The van der Waals surface area contributed by atoms with Crippen LogP contribution in [0, 0.1) is 0 Å². The van der Waals surface area contributed by atoms with Crippen molar-refractivity contribution >= 4 is 36.3 Å². The molecule has 29 heavy (non-hydrogen) atoms. The van der Waals surface area contributed by atoms with E-state index in [1.54, 1.807) is 0 Å². The Balaban J connectivity index is 1.94. The molecule has 2 aliphatic rings. The van der Waals surface area contributed by atoms with Crippen LogP contribution in [-0.4, -0.2) is 80.9 Å². The molecule has 2 fully saturated rings. The zero-order chi connectivity index (χ0) is 21.3. The van der Waals surface area contributed by atoms with Crippen molar-refractivity contribution in [1.29, 1.82) is 0 Å². The first-order chi connectivity index (χ1) is 13.7. The molecule has 12 heteroatoms. The Kier molecular flexibility index (Phi) is 5.99. The molecular weight excluding hydrogens is 401 g/mol. The number of carbonyl (C=O) groups excluding carboxylic acids is 1. The van der Waals surface area contributed by atoms with E-state index in [0.29, 0.717) is 25.9 Å². The molecule has 0 aliphatic carbocycles. The maximum Gasteiger partial charge on any atom is 0.476 e. The summed E-state index contributed by atoms with van der Waals surface area (Å²) >= 11 is 5.30. The number of nitrogens with one attached hydrogen (secondary N) is 2. The molecule has 3 rings (SSSR count). The molecule has 10 nitrogen and oxygen atoms in total. The summed E-state index contributed by atoms with van der Waals surface area (Å²) in [6.07, 6.45) is 0.761. The number of methoxy groups -OCH3 is 1. The van der Waals surface area contributed by atoms with E-state index in [0.717, 1.165) is 4.90 Å². The van der Waals surface area contributed by atoms with Gasteiger partial charge in [-0.3, -0.25) is 9.69 Å². The van der Waals surface area contributed by atoms with E-state index in [1.165, 1.54) is 19.2 Å². The summed E-state index contributed by atoms with van der Waals surface area (Å²) in [6, 6.07) is 2.77. The van der Waals surface area contributed by atoms with Crippen LogP contribution in [0.5, 0.6) is 11.5 Å². The summed E-state index contributed by atoms with van der Waals surface area (Å²) < 4.78 is 4.96. The minimum absolute atomic E-state index is 0.0389. The standard InChI is InChI=1S/C17H22BN3O7S/c1-28-10-3-2-9(13(22)12(10)14(23)24)8-11(18(26)27)21-15(25)17(20-16(21)29)4-6-19-7-5-17/h2-3,11,19,22,26-27H,4-8H2,1H3,(H,20,29)(H,23,24)/t11-/m0/s1. The van der Waals surface area contributed by atoms with Gasteiger partial charge in [0.2, 0.25) is 0 Å². The van der Waals surface area contributed by atoms with Crippen molar-refractivity contribution in [2.45, 2.75) is 30.7 Å². The minimum Gasteiger partial charge on any atom is -0.507 e. The first-order valence-corrected chi connectivity index (χ1v) is 9.47. The van der Waals surface area contributed by atoms with Gasteiger partial charge in [-0.05, 0) is 56.2 Å². The quantitative estimate of drug-likeness (QED) is 0.245. The average molecular weight is 423 g/mol. The Morgan fingerprint density at radius 2 is 2.03 bits per heavy atom. The second kappa shape index (κ2) is 8.15. The number of hydrogen-bond acceptors (Lipinski definition) is 8. The largest absolute Gasteiger partial charge is 0.507 e. The summed E-state index contributed by atoms with van der Waals surface area (Å²) in [7, 11) is -0.697. The smallest absolute Gasteiger partial charge is 0.476 e. The van der Waals surface area contributed by atoms with Gasteiger partial charge in [0, 0.05) is 0 Å². The van der Waals surface area contributed by atoms with Crippen LogP contribution in [0.1, 0.15) is 28.8 Å². The zero-order valence-electron chi connectivity index (χ0n) is 15.7. The molecule has 0 unspecified atom stereocenters. The van der Waals surface area contributed by atoms with Gasteiger partial charge in [0.1, 0.15) is 22.6 Å². The van der Waals surface area contributed by atoms with Crippen LogP contribution in [0.15, 0.2) is 12.1 Å². The normalized spacial score (nSPS) is 19.2. The number of carbonyl (C=O) groups is 2. The second-order valence-corrected chi connectivity index (χ2v) is 7.46. The molecule has 156 valence electrons. The molecule has 1 aromatic carbocycles. The lowest BCUT2D eigenvalue weighted by molar-refractivity contribution is -0.132. The fraction of sp³-hybridized carbons (Fsp3) is 0.471. The highest BCUT2D eigenvalue weighted by Crippen LogP contribution is 2.34. The van der Waals surface area contributed by atoms with Crippen molar-refractivity contribution < 1.29 is 34.6 Å². The molecule has 1 atom stereocenters. The van der Waals surface area contributed by atoms with Crippen molar-refractivity contribution in [3.05, 3.63) is 23.3 Å². The third-order valence-electron chi connectivity index (χ3n) is 5.41. The number of benzene rings is 1. The van der Waals surface area contributed by atoms with Crippen LogP contribution in [-0.2, 0) is 11.2 Å². The molecule has 0 radical (unpaired) electrons. The molecule has 1 aromatic rings. The van der Waals surface area contributed by atoms with E-state index in [1.807, 2.05) is 0 Å². The highest BCUT2D eigenvalue weighted by atomic mass is 32.1. The number of carboxylic acids is 1. The number of piperidine rings is 1. The first kappa shape index (κ1) is 21.3. The zero-order valence-corrected chi connectivity index (χ0v) is 16.5. The number of rotatable bonds is 6. The van der Waals surface area contributed by atoms with Gasteiger partial charge in [-0.25, -0.2) is 4.79 Å². The Morgan fingerprint density at radius 3 is 2.59 bits per heavy atom. The Hall–Kier alpha value is -2.41. The predicted molar refractivity (Wildman–Crippen MR) is 107 cm³/mol. The molecular formula is C17H22BN3O7S. The average Bonchev–Trinajstić information content (AvgIpc) is 2.90. The first-order valence-electron chi connectivity index (χ1n) is 9.06. The Labute approximate surface area is 172 Å². The Morgan fingerprint density at radius 1 is 1.38 bits per heavy atom. The summed E-state index contributed by atoms with van der Waals surface area (Å²) in [5.41, 5.74) is -1.23. The van der Waals surface area contributed by atoms with Gasteiger partial charge in [0.05, 0.1) is 13.1 Å². The van der Waals surface area contributed by atoms with Gasteiger partial charge in [-0.2, -0.15) is 0 Å². The maximum atomic E-state index is 13.1. The lowest BCUT2D eigenvalue weighted by atomic mass is 9.74. The third-order valence-corrected chi connectivity index (χ3v) is 5.71. The number of aromatic carboxylic acids is 1. The van der Waals surface area contributed by atoms with E-state index >= 15 is 0 Å². The molecule has 0 aromatic heterocycles. The molecule has 0 saturated carbocycles. The maximum absolute atomic E-state index is 13.1. The van der Waals surface area contributed by atoms with Crippen molar-refractivity contribution in [2.75, 3.05) is 20.2 Å². The lowest BCUT2D eigenvalue weighted by Crippen LogP contribution is -2.56. The molecule has 6 N–H and O–H groups in total. The number of hydrogen-bond donors (Lipinski definition) is 6. The number of phenols is 1. The van der Waals surface area contributed by atoms with Gasteiger partial charge in [0.15, 0.2) is 5.11 Å². The highest BCUT2D eigenvalue weighted by molar-refractivity contribution is 7.80. The minimum atomic E-state index is -1.97. The monoisotopic (exact) mass is 423 g/mol. The fourth-order valence-electron chi connectivity index (χ4n) is 3.85. The topological polar surface area (TPSA) is 152 Å². The van der Waals surface area contributed by atoms with Gasteiger partial charge in [0.25, 0.3) is 5.91 Å². The van der Waals surface area contributed by atoms with Crippen LogP contribution in [0.4, 0.5) is 0 Å². The number of nitrogens with zero attached hydrogens (tertiary/aromatic N) is 1. The molecule has 2 saturated heterocycles. The third kappa shape index (κ3) is 3.76. The van der Waals surface area contributed by atoms with E-state index < -0.39 is 35.9 Å². The van der Waals surface area contributed by atoms with E-state index in [-0.39, 0.29) is 28.8 Å². The molecule has 1 spiro atoms. The molecule has 1 amide bonds. The summed E-state index contributed by atoms with van der Waals surface area (Å²) in [5.74, 6) is -3.58. The number of aromatic hydroxyl groups is 1. The van der Waals surface area contributed by atoms with Crippen molar-refractivity contribution in [3.63, 3.8) is 0 Å². The SMILES string of the molecule is COc1ccc(C[C@@H](B(O)O)N2C(=O)C3(CCNCC3)NC2=S)c(O)c1C(=O)O. The van der Waals surface area contributed by atoms with Crippen molar-refractivity contribution in [2.24, 2.45) is 0 Å². The van der Waals surface area contributed by atoms with Crippen LogP contribution < -0.4 is 15.4 Å². The number of ether oxygens (including phenoxy) is 1. The highest BCUT2D eigenvalue weighted by Gasteiger charge is 2.53. The van der Waals surface area contributed by atoms with Gasteiger partial charge in [-0.1, -0.05) is 6.07 Å². The van der Waals surface area contributed by atoms with Crippen LogP contribution >= 0.6 is 12.2 Å². The lowest BCUT2D eigenvalue weighted by Gasteiger charge is -2.32. The predicted octanol–water partition coefficient (Wildman–Crippen LogP) is -1.14. The molecule has 2 aliphatic heterocycles. The van der Waals surface area contributed by atoms with Gasteiger partial charge >= 0.3 is 13.1 Å². The van der Waals surface area contributed by atoms with Crippen molar-refractivity contribution in [3.8, 4) is 11.5 Å². The van der Waals surface area contributed by atoms with E-state index in [9.17, 15) is 29.9 Å². The second-order valence-electron chi connectivity index (χ2n) is 7.08. The number of amides is 1. The molecule has 2 heterocycles.